The van der Waals surface area contributed by atoms with Crippen LogP contribution in [0.2, 0.25) is 0 Å². The van der Waals surface area contributed by atoms with Crippen LogP contribution in [-0.2, 0) is 9.53 Å². The van der Waals surface area contributed by atoms with E-state index in [0.717, 1.165) is 30.8 Å². The van der Waals surface area contributed by atoms with E-state index in [1.165, 1.54) is 7.11 Å². The number of methoxy groups -OCH3 is 1. The molecule has 1 aliphatic heterocycles. The van der Waals surface area contributed by atoms with Gasteiger partial charge in [0.05, 0.1) is 7.11 Å². The first-order valence-corrected chi connectivity index (χ1v) is 8.05. The monoisotopic (exact) mass is 309 g/mol. The molecule has 114 valence electrons. The summed E-state index contributed by atoms with van der Waals surface area (Å²) in [5.74, 6) is -0.215. The second-order valence-electron chi connectivity index (χ2n) is 4.73. The summed E-state index contributed by atoms with van der Waals surface area (Å²) in [7, 11) is 1.51. The van der Waals surface area contributed by atoms with Crippen molar-refractivity contribution in [2.45, 2.75) is 17.7 Å². The van der Waals surface area contributed by atoms with Gasteiger partial charge >= 0.3 is 5.97 Å². The second kappa shape index (κ2) is 7.36. The van der Waals surface area contributed by atoms with Gasteiger partial charge in [-0.25, -0.2) is 4.79 Å². The second-order valence-corrected chi connectivity index (χ2v) is 5.61. The summed E-state index contributed by atoms with van der Waals surface area (Å²) in [5.41, 5.74) is 0.338. The summed E-state index contributed by atoms with van der Waals surface area (Å²) in [6.45, 7) is 1.29. The van der Waals surface area contributed by atoms with Crippen LogP contribution in [0.5, 0.6) is 5.75 Å². The van der Waals surface area contributed by atoms with Crippen molar-refractivity contribution in [3.8, 4) is 5.75 Å². The molecule has 0 radical (unpaired) electrons. The van der Waals surface area contributed by atoms with E-state index < -0.39 is 5.97 Å². The van der Waals surface area contributed by atoms with Crippen molar-refractivity contribution in [2.24, 2.45) is 0 Å². The standard InChI is InChI=1S/C15H19NO4S/c1-19-13-9-11(21-2)5-6-12(13)15(18)20-10-14(17)16-7-3-4-8-16/h5-6,9H,3-4,7-8,10H2,1-2H3. The van der Waals surface area contributed by atoms with Crippen molar-refractivity contribution < 1.29 is 19.1 Å². The number of hydrogen-bond acceptors (Lipinski definition) is 5. The highest BCUT2D eigenvalue weighted by atomic mass is 32.2. The Hall–Kier alpha value is -1.69. The van der Waals surface area contributed by atoms with Gasteiger partial charge in [0.25, 0.3) is 5.91 Å². The quantitative estimate of drug-likeness (QED) is 0.616. The lowest BCUT2D eigenvalue weighted by Gasteiger charge is -2.15. The number of likely N-dealkylation sites (tertiary alicyclic amines) is 1. The Labute approximate surface area is 128 Å². The van der Waals surface area contributed by atoms with Gasteiger partial charge in [-0.2, -0.15) is 0 Å². The Morgan fingerprint density at radius 3 is 2.62 bits per heavy atom. The fraction of sp³-hybridized carbons (Fsp3) is 0.467. The van der Waals surface area contributed by atoms with E-state index in [-0.39, 0.29) is 12.5 Å². The molecule has 0 bridgehead atoms. The van der Waals surface area contributed by atoms with Gasteiger partial charge in [-0.05, 0) is 37.3 Å². The number of hydrogen-bond donors (Lipinski definition) is 0. The molecule has 0 unspecified atom stereocenters. The molecular formula is C15H19NO4S. The van der Waals surface area contributed by atoms with E-state index in [1.54, 1.807) is 28.8 Å². The Bertz CT molecular complexity index is 526. The number of rotatable bonds is 5. The first kappa shape index (κ1) is 15.7. The number of benzene rings is 1. The molecule has 1 amide bonds. The number of ether oxygens (including phenoxy) is 2. The molecule has 5 nitrogen and oxygen atoms in total. The number of carbonyl (C=O) groups excluding carboxylic acids is 2. The highest BCUT2D eigenvalue weighted by Crippen LogP contribution is 2.25. The summed E-state index contributed by atoms with van der Waals surface area (Å²) in [5, 5.41) is 0. The molecule has 2 rings (SSSR count). The molecule has 1 aromatic rings. The molecule has 0 saturated carbocycles. The molecule has 1 aliphatic rings. The molecule has 0 atom stereocenters. The third kappa shape index (κ3) is 3.91. The van der Waals surface area contributed by atoms with Gasteiger partial charge in [0.1, 0.15) is 11.3 Å². The van der Waals surface area contributed by atoms with E-state index in [9.17, 15) is 9.59 Å². The van der Waals surface area contributed by atoms with Crippen molar-refractivity contribution >= 4 is 23.6 Å². The Balaban J connectivity index is 1.98. The fourth-order valence-electron chi connectivity index (χ4n) is 2.23. The lowest BCUT2D eigenvalue weighted by Crippen LogP contribution is -2.32. The van der Waals surface area contributed by atoms with Crippen LogP contribution in [0.4, 0.5) is 0 Å². The Morgan fingerprint density at radius 2 is 2.00 bits per heavy atom. The summed E-state index contributed by atoms with van der Waals surface area (Å²) in [4.78, 5) is 26.6. The summed E-state index contributed by atoms with van der Waals surface area (Å²) in [6.07, 6.45) is 3.98. The van der Waals surface area contributed by atoms with Crippen molar-refractivity contribution in [3.05, 3.63) is 23.8 Å². The minimum Gasteiger partial charge on any atom is -0.496 e. The molecule has 1 heterocycles. The molecule has 1 aromatic carbocycles. The van der Waals surface area contributed by atoms with E-state index in [0.29, 0.717) is 11.3 Å². The zero-order valence-corrected chi connectivity index (χ0v) is 13.1. The van der Waals surface area contributed by atoms with Crippen molar-refractivity contribution in [1.29, 1.82) is 0 Å². The van der Waals surface area contributed by atoms with Crippen LogP contribution in [0.3, 0.4) is 0 Å². The molecule has 0 N–H and O–H groups in total. The fourth-order valence-corrected chi connectivity index (χ4v) is 2.66. The van der Waals surface area contributed by atoms with E-state index >= 15 is 0 Å². The first-order chi connectivity index (χ1) is 10.2. The summed E-state index contributed by atoms with van der Waals surface area (Å²) in [6, 6.07) is 5.27. The lowest BCUT2D eigenvalue weighted by molar-refractivity contribution is -0.133. The van der Waals surface area contributed by atoms with Gasteiger partial charge in [0.2, 0.25) is 0 Å². The predicted octanol–water partition coefficient (Wildman–Crippen LogP) is 2.20. The Morgan fingerprint density at radius 1 is 1.29 bits per heavy atom. The van der Waals surface area contributed by atoms with Crippen LogP contribution in [0.15, 0.2) is 23.1 Å². The van der Waals surface area contributed by atoms with Crippen molar-refractivity contribution in [1.82, 2.24) is 4.90 Å². The average Bonchev–Trinajstić information content (AvgIpc) is 3.06. The van der Waals surface area contributed by atoms with Crippen molar-refractivity contribution in [3.63, 3.8) is 0 Å². The largest absolute Gasteiger partial charge is 0.496 e. The SMILES string of the molecule is COc1cc(SC)ccc1C(=O)OCC(=O)N1CCCC1. The maximum Gasteiger partial charge on any atom is 0.342 e. The maximum atomic E-state index is 12.1. The van der Waals surface area contributed by atoms with Crippen LogP contribution in [0.1, 0.15) is 23.2 Å². The van der Waals surface area contributed by atoms with Gasteiger partial charge in [0, 0.05) is 18.0 Å². The van der Waals surface area contributed by atoms with Crippen LogP contribution >= 0.6 is 11.8 Å². The number of carbonyl (C=O) groups is 2. The number of thioether (sulfide) groups is 1. The third-order valence-electron chi connectivity index (χ3n) is 3.41. The van der Waals surface area contributed by atoms with E-state index in [1.807, 2.05) is 12.3 Å². The van der Waals surface area contributed by atoms with Gasteiger partial charge in [-0.3, -0.25) is 4.79 Å². The zero-order valence-electron chi connectivity index (χ0n) is 12.3. The molecule has 0 aliphatic carbocycles. The summed E-state index contributed by atoms with van der Waals surface area (Å²) >= 11 is 1.56. The molecule has 1 saturated heterocycles. The number of esters is 1. The number of amides is 1. The minimum atomic E-state index is -0.535. The third-order valence-corrected chi connectivity index (χ3v) is 4.14. The first-order valence-electron chi connectivity index (χ1n) is 6.82. The average molecular weight is 309 g/mol. The van der Waals surface area contributed by atoms with Crippen LogP contribution < -0.4 is 4.74 Å². The molecule has 6 heteroatoms. The zero-order chi connectivity index (χ0) is 15.2. The molecule has 0 aromatic heterocycles. The van der Waals surface area contributed by atoms with Crippen molar-refractivity contribution in [2.75, 3.05) is 33.1 Å². The maximum absolute atomic E-state index is 12.1. The highest BCUT2D eigenvalue weighted by molar-refractivity contribution is 7.98. The topological polar surface area (TPSA) is 55.8 Å². The van der Waals surface area contributed by atoms with Gasteiger partial charge < -0.3 is 14.4 Å². The summed E-state index contributed by atoms with van der Waals surface area (Å²) < 4.78 is 10.3. The van der Waals surface area contributed by atoms with E-state index in [4.69, 9.17) is 9.47 Å². The van der Waals surface area contributed by atoms with Crippen LogP contribution in [0.25, 0.3) is 0 Å². The van der Waals surface area contributed by atoms with Crippen LogP contribution in [-0.4, -0.2) is 49.8 Å². The minimum absolute atomic E-state index is 0.138. The molecular weight excluding hydrogens is 290 g/mol. The number of nitrogens with zero attached hydrogens (tertiary/aromatic N) is 1. The lowest BCUT2D eigenvalue weighted by atomic mass is 10.2. The van der Waals surface area contributed by atoms with Gasteiger partial charge in [-0.15, -0.1) is 11.8 Å². The molecule has 21 heavy (non-hydrogen) atoms. The van der Waals surface area contributed by atoms with Crippen LogP contribution in [0, 0.1) is 0 Å². The van der Waals surface area contributed by atoms with Gasteiger partial charge in [-0.1, -0.05) is 0 Å². The predicted molar refractivity (Wildman–Crippen MR) is 80.9 cm³/mol. The molecule has 0 spiro atoms. The van der Waals surface area contributed by atoms with Gasteiger partial charge in [0.15, 0.2) is 6.61 Å². The normalized spacial score (nSPS) is 14.1. The highest BCUT2D eigenvalue weighted by Gasteiger charge is 2.21. The smallest absolute Gasteiger partial charge is 0.342 e. The molecule has 1 fully saturated rings. The van der Waals surface area contributed by atoms with E-state index in [2.05, 4.69) is 0 Å². The Kier molecular flexibility index (Phi) is 5.50.